The second-order valence-corrected chi connectivity index (χ2v) is 22.1. The summed E-state index contributed by atoms with van der Waals surface area (Å²) in [5.74, 6) is 2.19. The molecule has 1 aromatic carbocycles. The van der Waals surface area contributed by atoms with Crippen LogP contribution in [0.3, 0.4) is 0 Å². The van der Waals surface area contributed by atoms with E-state index in [0.717, 1.165) is 69.8 Å². The quantitative estimate of drug-likeness (QED) is 0.157. The van der Waals surface area contributed by atoms with E-state index >= 15 is 4.79 Å². The Kier molecular flexibility index (Phi) is 10.7. The molecule has 0 spiro atoms. The minimum absolute atomic E-state index is 0.0460. The topological polar surface area (TPSA) is 123 Å². The highest BCUT2D eigenvalue weighted by molar-refractivity contribution is 5.88. The average molecular weight is 827 g/mol. The van der Waals surface area contributed by atoms with Gasteiger partial charge in [0.2, 0.25) is 18.6 Å². The van der Waals surface area contributed by atoms with Crippen LogP contribution in [0.2, 0.25) is 0 Å². The predicted octanol–water partition coefficient (Wildman–Crippen LogP) is 9.17. The summed E-state index contributed by atoms with van der Waals surface area (Å²) in [6.07, 6.45) is 13.4. The number of carboxylic acid groups (broad SMARTS) is 1. The second kappa shape index (κ2) is 14.9. The summed E-state index contributed by atoms with van der Waals surface area (Å²) in [6, 6.07) is 5.66. The molecule has 0 radical (unpaired) electrons. The molecule has 10 atom stereocenters. The van der Waals surface area contributed by atoms with Gasteiger partial charge in [0.15, 0.2) is 11.5 Å². The Balaban J connectivity index is 0.978. The molecule has 0 aromatic heterocycles. The molecule has 5 aliphatic carbocycles. The van der Waals surface area contributed by atoms with E-state index in [1.807, 2.05) is 23.1 Å². The van der Waals surface area contributed by atoms with E-state index in [0.29, 0.717) is 61.3 Å². The molecule has 1 N–H and O–H groups in total. The van der Waals surface area contributed by atoms with E-state index in [4.69, 9.17) is 14.2 Å². The Bertz CT molecular complexity index is 1960. The Morgan fingerprint density at radius 3 is 2.25 bits per heavy atom. The highest BCUT2D eigenvalue weighted by Gasteiger charge is 2.72. The Hall–Kier alpha value is -3.82. The molecular formula is C50H70N2O8. The second-order valence-electron chi connectivity index (χ2n) is 22.1. The SMILES string of the molecule is C=C(C)[C@@H]1CC[C@]2(C(=O)N3CCN(C(=O)CC(C)(C)C(=O)O)CC3)CC[C@]3(C)[C@H](CC[C@@H]4[C@@]5(C)CC[C@H](OC(=O)/C=C/c6ccc7c(c6)OCO7)C(C)(C)[C@@H]5CC[C@]43C)[C@@H]12. The molecule has 328 valence electrons. The van der Waals surface area contributed by atoms with Crippen LogP contribution in [0, 0.1) is 62.1 Å². The number of fused-ring (bicyclic) bond motifs is 8. The maximum absolute atomic E-state index is 15.1. The first-order chi connectivity index (χ1) is 28.2. The molecule has 1 aromatic rings. The summed E-state index contributed by atoms with van der Waals surface area (Å²) >= 11 is 0. The fraction of sp³-hybridized carbons (Fsp3) is 0.720. The van der Waals surface area contributed by atoms with E-state index in [1.54, 1.807) is 30.9 Å². The van der Waals surface area contributed by atoms with Crippen molar-refractivity contribution in [2.24, 2.45) is 62.1 Å². The molecular weight excluding hydrogens is 757 g/mol. The van der Waals surface area contributed by atoms with Crippen molar-refractivity contribution in [2.75, 3.05) is 33.0 Å². The van der Waals surface area contributed by atoms with Gasteiger partial charge in [-0.05, 0) is 155 Å². The Morgan fingerprint density at radius 1 is 0.850 bits per heavy atom. The van der Waals surface area contributed by atoms with E-state index < -0.39 is 16.8 Å². The van der Waals surface area contributed by atoms with Gasteiger partial charge in [0.1, 0.15) is 6.10 Å². The van der Waals surface area contributed by atoms with Crippen molar-refractivity contribution >= 4 is 29.8 Å². The number of carboxylic acids is 1. The minimum atomic E-state index is -1.13. The number of aliphatic carboxylic acids is 1. The molecule has 7 aliphatic rings. The van der Waals surface area contributed by atoms with Gasteiger partial charge in [-0.25, -0.2) is 4.79 Å². The molecule has 8 rings (SSSR count). The van der Waals surface area contributed by atoms with Crippen molar-refractivity contribution in [2.45, 2.75) is 132 Å². The number of hydrogen-bond acceptors (Lipinski definition) is 7. The van der Waals surface area contributed by atoms with E-state index in [1.165, 1.54) is 5.57 Å². The molecule has 0 unspecified atom stereocenters. The van der Waals surface area contributed by atoms with Gasteiger partial charge >= 0.3 is 11.9 Å². The van der Waals surface area contributed by atoms with Crippen molar-refractivity contribution in [1.29, 1.82) is 0 Å². The van der Waals surface area contributed by atoms with Gasteiger partial charge in [0.25, 0.3) is 0 Å². The number of esters is 1. The monoisotopic (exact) mass is 827 g/mol. The molecule has 10 nitrogen and oxygen atoms in total. The summed E-state index contributed by atoms with van der Waals surface area (Å²) in [6.45, 7) is 24.5. The number of nitrogens with zero attached hydrogens (tertiary/aromatic N) is 2. The Morgan fingerprint density at radius 2 is 1.55 bits per heavy atom. The first kappa shape index (κ1) is 42.9. The number of amides is 2. The lowest BCUT2D eigenvalue weighted by Crippen LogP contribution is -2.68. The molecule has 1 saturated heterocycles. The van der Waals surface area contributed by atoms with Gasteiger partial charge in [0, 0.05) is 44.1 Å². The zero-order valence-electron chi connectivity index (χ0n) is 37.6. The van der Waals surface area contributed by atoms with Crippen molar-refractivity contribution in [3.05, 3.63) is 42.0 Å². The fourth-order valence-electron chi connectivity index (χ4n) is 15.1. The lowest BCUT2D eigenvalue weighted by Gasteiger charge is -2.73. The number of ether oxygens (including phenoxy) is 3. The summed E-state index contributed by atoms with van der Waals surface area (Å²) in [4.78, 5) is 57.1. The zero-order chi connectivity index (χ0) is 43.2. The first-order valence-electron chi connectivity index (χ1n) is 22.9. The molecule has 2 aliphatic heterocycles. The van der Waals surface area contributed by atoms with E-state index in [2.05, 4.69) is 48.1 Å². The third-order valence-corrected chi connectivity index (χ3v) is 18.6. The number of hydrogen-bond donors (Lipinski definition) is 1. The molecule has 2 amide bonds. The van der Waals surface area contributed by atoms with Crippen molar-refractivity contribution in [3.63, 3.8) is 0 Å². The largest absolute Gasteiger partial charge is 0.481 e. The first-order valence-corrected chi connectivity index (χ1v) is 22.9. The highest BCUT2D eigenvalue weighted by atomic mass is 16.7. The van der Waals surface area contributed by atoms with Crippen LogP contribution in [0.1, 0.15) is 132 Å². The van der Waals surface area contributed by atoms with Crippen LogP contribution < -0.4 is 9.47 Å². The van der Waals surface area contributed by atoms with Crippen molar-refractivity contribution in [1.82, 2.24) is 9.80 Å². The van der Waals surface area contributed by atoms with Crippen LogP contribution in [0.15, 0.2) is 36.4 Å². The molecule has 2 heterocycles. The van der Waals surface area contributed by atoms with Crippen LogP contribution in [0.4, 0.5) is 0 Å². The van der Waals surface area contributed by atoms with Crippen LogP contribution in [-0.4, -0.2) is 77.7 Å². The lowest BCUT2D eigenvalue weighted by atomic mass is 9.32. The number of allylic oxidation sites excluding steroid dienone is 1. The molecule has 6 fully saturated rings. The predicted molar refractivity (Wildman–Crippen MR) is 230 cm³/mol. The van der Waals surface area contributed by atoms with Gasteiger partial charge in [-0.2, -0.15) is 0 Å². The summed E-state index contributed by atoms with van der Waals surface area (Å²) in [5, 5.41) is 9.60. The van der Waals surface area contributed by atoms with Crippen LogP contribution in [-0.2, 0) is 23.9 Å². The van der Waals surface area contributed by atoms with Crippen LogP contribution >= 0.6 is 0 Å². The summed E-state index contributed by atoms with van der Waals surface area (Å²) in [7, 11) is 0. The van der Waals surface area contributed by atoms with Gasteiger partial charge in [-0.3, -0.25) is 14.4 Å². The maximum atomic E-state index is 15.1. The molecule has 5 saturated carbocycles. The number of carbonyl (C=O) groups excluding carboxylic acids is 3. The summed E-state index contributed by atoms with van der Waals surface area (Å²) < 4.78 is 17.3. The minimum Gasteiger partial charge on any atom is -0.481 e. The van der Waals surface area contributed by atoms with Gasteiger partial charge in [0.05, 0.1) is 10.8 Å². The van der Waals surface area contributed by atoms with E-state index in [-0.39, 0.29) is 64.7 Å². The molecule has 10 heteroatoms. The van der Waals surface area contributed by atoms with Gasteiger partial charge in [-0.15, -0.1) is 0 Å². The standard InChI is InChI=1S/C50H70N2O8/c1-31(2)33-16-21-50(43(55)52-26-24-51(25-27-52)40(53)29-45(3,4)44(56)57)23-22-48(8)34(42(33)50)12-14-38-47(7)19-18-39(46(5,6)37(47)17-20-49(38,48)9)60-41(54)15-11-32-10-13-35-36(28-32)59-30-58-35/h10-11,13,15,28,33-34,37-39,42H,1,12,14,16-27,29-30H2,2-9H3,(H,56,57)/b15-11+/t33-,34+,37-,38+,39-,42+,47-,48+,49+,50-/m0/s1. The van der Waals surface area contributed by atoms with Crippen molar-refractivity contribution < 1.29 is 38.5 Å². The normalized spacial score (nSPS) is 38.0. The number of piperazine rings is 1. The number of carbonyl (C=O) groups is 4. The third-order valence-electron chi connectivity index (χ3n) is 18.6. The van der Waals surface area contributed by atoms with Crippen LogP contribution in [0.25, 0.3) is 6.08 Å². The maximum Gasteiger partial charge on any atom is 0.331 e. The van der Waals surface area contributed by atoms with Gasteiger partial charge in [-0.1, -0.05) is 52.8 Å². The number of rotatable bonds is 8. The average Bonchev–Trinajstić information content (AvgIpc) is 3.84. The fourth-order valence-corrected chi connectivity index (χ4v) is 15.1. The van der Waals surface area contributed by atoms with Crippen LogP contribution in [0.5, 0.6) is 11.5 Å². The molecule has 60 heavy (non-hydrogen) atoms. The molecule has 0 bridgehead atoms. The zero-order valence-corrected chi connectivity index (χ0v) is 37.6. The van der Waals surface area contributed by atoms with Gasteiger partial charge < -0.3 is 29.1 Å². The smallest absolute Gasteiger partial charge is 0.331 e. The highest BCUT2D eigenvalue weighted by Crippen LogP contribution is 2.77. The van der Waals surface area contributed by atoms with E-state index in [9.17, 15) is 19.5 Å². The Labute approximate surface area is 357 Å². The third kappa shape index (κ3) is 6.62. The summed E-state index contributed by atoms with van der Waals surface area (Å²) in [5.41, 5.74) is 0.644. The lowest BCUT2D eigenvalue weighted by molar-refractivity contribution is -0.249. The number of benzene rings is 1. The van der Waals surface area contributed by atoms with Crippen molar-refractivity contribution in [3.8, 4) is 11.5 Å².